The summed E-state index contributed by atoms with van der Waals surface area (Å²) in [5.41, 5.74) is 0.807. The van der Waals surface area contributed by atoms with E-state index in [-0.39, 0.29) is 36.4 Å². The van der Waals surface area contributed by atoms with Gasteiger partial charge in [-0.15, -0.1) is 12.4 Å². The summed E-state index contributed by atoms with van der Waals surface area (Å²) in [7, 11) is 1.63. The van der Waals surface area contributed by atoms with Gasteiger partial charge in [0.1, 0.15) is 0 Å². The van der Waals surface area contributed by atoms with Crippen LogP contribution >= 0.6 is 12.4 Å². The molecule has 2 aliphatic rings. The number of piperidine rings is 1. The van der Waals surface area contributed by atoms with Crippen molar-refractivity contribution in [2.75, 3.05) is 45.2 Å². The van der Waals surface area contributed by atoms with Gasteiger partial charge in [0.15, 0.2) is 0 Å². The van der Waals surface area contributed by atoms with Crippen molar-refractivity contribution < 1.29 is 19.1 Å². The maximum atomic E-state index is 12.9. The van der Waals surface area contributed by atoms with Crippen LogP contribution in [0.1, 0.15) is 37.0 Å². The lowest BCUT2D eigenvalue weighted by Crippen LogP contribution is -2.48. The average Bonchev–Trinajstić information content (AvgIpc) is 2.68. The molecule has 0 radical (unpaired) electrons. The van der Waals surface area contributed by atoms with Crippen LogP contribution in [-0.2, 0) is 14.3 Å². The third-order valence-corrected chi connectivity index (χ3v) is 5.56. The summed E-state index contributed by atoms with van der Waals surface area (Å²) in [5.74, 6) is -0.0279. The number of hydrogen-bond donors (Lipinski definition) is 2. The van der Waals surface area contributed by atoms with E-state index in [1.807, 2.05) is 18.7 Å². The fraction of sp³-hybridized carbons (Fsp3) is 0.619. The molecule has 0 aromatic heterocycles. The molecule has 2 aliphatic heterocycles. The van der Waals surface area contributed by atoms with Crippen molar-refractivity contribution in [1.29, 1.82) is 0 Å². The number of halogens is 1. The summed E-state index contributed by atoms with van der Waals surface area (Å²) in [4.78, 5) is 27.5. The van der Waals surface area contributed by atoms with Crippen molar-refractivity contribution in [1.82, 2.24) is 10.2 Å². The number of methoxy groups -OCH3 is 1. The summed E-state index contributed by atoms with van der Waals surface area (Å²) in [6, 6.07) is 7.13. The van der Waals surface area contributed by atoms with E-state index >= 15 is 0 Å². The number of nitrogens with one attached hydrogen (secondary N) is 2. The first kappa shape index (κ1) is 23.6. The second-order valence-corrected chi connectivity index (χ2v) is 7.96. The number of carbonyl (C=O) groups is 2. The molecule has 2 heterocycles. The summed E-state index contributed by atoms with van der Waals surface area (Å²) >= 11 is 0. The van der Waals surface area contributed by atoms with Crippen molar-refractivity contribution in [2.24, 2.45) is 5.41 Å². The number of benzene rings is 1. The van der Waals surface area contributed by atoms with Gasteiger partial charge in [-0.2, -0.15) is 0 Å². The van der Waals surface area contributed by atoms with Crippen LogP contribution in [0.15, 0.2) is 24.3 Å². The molecule has 1 aromatic rings. The van der Waals surface area contributed by atoms with Crippen LogP contribution in [0.2, 0.25) is 0 Å². The first-order valence-corrected chi connectivity index (χ1v) is 9.99. The van der Waals surface area contributed by atoms with Gasteiger partial charge in [-0.05, 0) is 64.0 Å². The van der Waals surface area contributed by atoms with Crippen molar-refractivity contribution in [2.45, 2.75) is 38.9 Å². The zero-order valence-corrected chi connectivity index (χ0v) is 18.2. The highest BCUT2D eigenvalue weighted by molar-refractivity contribution is 5.97. The summed E-state index contributed by atoms with van der Waals surface area (Å²) in [6.45, 7) is 7.16. The Kier molecular flexibility index (Phi) is 8.46. The minimum absolute atomic E-state index is 0. The lowest BCUT2D eigenvalue weighted by atomic mass is 9.78. The Bertz CT molecular complexity index is 676. The molecule has 0 aliphatic carbocycles. The lowest BCUT2D eigenvalue weighted by molar-refractivity contribution is -0.130. The predicted molar refractivity (Wildman–Crippen MR) is 115 cm³/mol. The molecule has 0 spiro atoms. The van der Waals surface area contributed by atoms with Crippen molar-refractivity contribution in [3.05, 3.63) is 29.8 Å². The Morgan fingerprint density at radius 3 is 2.31 bits per heavy atom. The van der Waals surface area contributed by atoms with Gasteiger partial charge in [-0.3, -0.25) is 9.59 Å². The molecule has 1 aromatic carbocycles. The van der Waals surface area contributed by atoms with E-state index in [4.69, 9.17) is 9.47 Å². The Morgan fingerprint density at radius 2 is 1.76 bits per heavy atom. The highest BCUT2D eigenvalue weighted by Gasteiger charge is 2.39. The highest BCUT2D eigenvalue weighted by Crippen LogP contribution is 2.31. The van der Waals surface area contributed by atoms with Crippen LogP contribution in [-0.4, -0.2) is 68.8 Å². The minimum Gasteiger partial charge on any atom is -0.384 e. The van der Waals surface area contributed by atoms with E-state index < -0.39 is 5.41 Å². The first-order valence-electron chi connectivity index (χ1n) is 9.99. The standard InChI is InChI=1S/C21H31N3O4.ClH/c1-15-12-24(13-16(2)28-15)19(25)17-4-6-18(7-5-17)23-20(26)21(14-27-3)8-10-22-11-9-21;/h4-7,15-16,22H,8-14H2,1-3H3,(H,23,26);1H. The first-order chi connectivity index (χ1) is 13.4. The van der Waals surface area contributed by atoms with Crippen molar-refractivity contribution in [3.63, 3.8) is 0 Å². The molecule has 0 saturated carbocycles. The lowest BCUT2D eigenvalue weighted by Gasteiger charge is -2.35. The normalized spacial score (nSPS) is 23.8. The average molecular weight is 426 g/mol. The van der Waals surface area contributed by atoms with Gasteiger partial charge in [-0.1, -0.05) is 0 Å². The Balaban J connectivity index is 0.00000300. The number of amides is 2. The molecule has 2 unspecified atom stereocenters. The Morgan fingerprint density at radius 1 is 1.17 bits per heavy atom. The van der Waals surface area contributed by atoms with Gasteiger partial charge in [-0.25, -0.2) is 0 Å². The summed E-state index contributed by atoms with van der Waals surface area (Å²) in [6.07, 6.45) is 1.56. The van der Waals surface area contributed by atoms with E-state index in [1.54, 1.807) is 31.4 Å². The quantitative estimate of drug-likeness (QED) is 0.756. The highest BCUT2D eigenvalue weighted by atomic mass is 35.5. The fourth-order valence-electron chi connectivity index (χ4n) is 4.10. The number of carbonyl (C=O) groups excluding carboxylic acids is 2. The molecule has 7 nitrogen and oxygen atoms in total. The van der Waals surface area contributed by atoms with E-state index in [0.717, 1.165) is 25.9 Å². The molecule has 2 fully saturated rings. The molecule has 2 saturated heterocycles. The molecule has 162 valence electrons. The maximum Gasteiger partial charge on any atom is 0.254 e. The van der Waals surface area contributed by atoms with Crippen LogP contribution < -0.4 is 10.6 Å². The number of morpholine rings is 1. The van der Waals surface area contributed by atoms with E-state index in [1.165, 1.54) is 0 Å². The monoisotopic (exact) mass is 425 g/mol. The molecule has 3 rings (SSSR count). The van der Waals surface area contributed by atoms with E-state index in [0.29, 0.717) is 30.9 Å². The Hall–Kier alpha value is -1.67. The maximum absolute atomic E-state index is 12.9. The topological polar surface area (TPSA) is 79.9 Å². The molecule has 29 heavy (non-hydrogen) atoms. The number of hydrogen-bond acceptors (Lipinski definition) is 5. The molecule has 2 N–H and O–H groups in total. The van der Waals surface area contributed by atoms with Crippen LogP contribution in [0.3, 0.4) is 0 Å². The predicted octanol–water partition coefficient (Wildman–Crippen LogP) is 2.31. The molecule has 2 amide bonds. The van der Waals surface area contributed by atoms with Crippen molar-refractivity contribution >= 4 is 29.9 Å². The number of rotatable bonds is 5. The smallest absolute Gasteiger partial charge is 0.254 e. The minimum atomic E-state index is -0.505. The third-order valence-electron chi connectivity index (χ3n) is 5.56. The van der Waals surface area contributed by atoms with Gasteiger partial charge >= 0.3 is 0 Å². The zero-order valence-electron chi connectivity index (χ0n) is 17.4. The van der Waals surface area contributed by atoms with Crippen LogP contribution in [0, 0.1) is 5.41 Å². The number of anilines is 1. The van der Waals surface area contributed by atoms with Gasteiger partial charge in [0, 0.05) is 31.5 Å². The Labute approximate surface area is 178 Å². The van der Waals surface area contributed by atoms with Crippen LogP contribution in [0.25, 0.3) is 0 Å². The zero-order chi connectivity index (χ0) is 20.1. The van der Waals surface area contributed by atoms with Gasteiger partial charge in [0.05, 0.1) is 24.2 Å². The fourth-order valence-corrected chi connectivity index (χ4v) is 4.10. The summed E-state index contributed by atoms with van der Waals surface area (Å²) in [5, 5.41) is 6.29. The molecular formula is C21H32ClN3O4. The number of nitrogens with zero attached hydrogens (tertiary/aromatic N) is 1. The second-order valence-electron chi connectivity index (χ2n) is 7.96. The van der Waals surface area contributed by atoms with E-state index in [9.17, 15) is 9.59 Å². The van der Waals surface area contributed by atoms with Crippen molar-refractivity contribution in [3.8, 4) is 0 Å². The molecular weight excluding hydrogens is 394 g/mol. The SMILES string of the molecule is COCC1(C(=O)Nc2ccc(C(=O)N3CC(C)OC(C)C3)cc2)CCNCC1.Cl. The molecule has 0 bridgehead atoms. The second kappa shape index (κ2) is 10.4. The molecule has 2 atom stereocenters. The molecule has 8 heteroatoms. The van der Waals surface area contributed by atoms with E-state index in [2.05, 4.69) is 10.6 Å². The van der Waals surface area contributed by atoms with Crippen LogP contribution in [0.4, 0.5) is 5.69 Å². The third kappa shape index (κ3) is 5.69. The van der Waals surface area contributed by atoms with Gasteiger partial charge in [0.25, 0.3) is 5.91 Å². The van der Waals surface area contributed by atoms with Gasteiger partial charge < -0.3 is 25.0 Å². The van der Waals surface area contributed by atoms with Crippen LogP contribution in [0.5, 0.6) is 0 Å². The summed E-state index contributed by atoms with van der Waals surface area (Å²) < 4.78 is 11.0. The largest absolute Gasteiger partial charge is 0.384 e. The number of ether oxygens (including phenoxy) is 2. The van der Waals surface area contributed by atoms with Gasteiger partial charge in [0.2, 0.25) is 5.91 Å².